The Bertz CT molecular complexity index is 775. The van der Waals surface area contributed by atoms with Gasteiger partial charge in [-0.3, -0.25) is 4.79 Å². The summed E-state index contributed by atoms with van der Waals surface area (Å²) in [5.41, 5.74) is 2.37. The Balaban J connectivity index is 1.54. The summed E-state index contributed by atoms with van der Waals surface area (Å²) in [4.78, 5) is 15.8. The van der Waals surface area contributed by atoms with Gasteiger partial charge in [0.05, 0.1) is 26.2 Å². The van der Waals surface area contributed by atoms with Gasteiger partial charge in [0.15, 0.2) is 0 Å². The van der Waals surface area contributed by atoms with Crippen molar-refractivity contribution < 1.29 is 14.1 Å². The van der Waals surface area contributed by atoms with Crippen LogP contribution in [-0.4, -0.2) is 32.1 Å². The highest BCUT2D eigenvalue weighted by molar-refractivity contribution is 5.94. The maximum Gasteiger partial charge on any atom is 0.229 e. The van der Waals surface area contributed by atoms with Crippen LogP contribution in [0, 0.1) is 11.2 Å². The van der Waals surface area contributed by atoms with Gasteiger partial charge in [0.1, 0.15) is 12.4 Å². The molecule has 0 aromatic heterocycles. The Labute approximate surface area is 161 Å². The third-order valence-corrected chi connectivity index (χ3v) is 5.04. The first-order valence-corrected chi connectivity index (χ1v) is 9.56. The van der Waals surface area contributed by atoms with Crippen LogP contribution in [0.3, 0.4) is 0 Å². The number of hydrogen-bond acceptors (Lipinski definition) is 2. The minimum absolute atomic E-state index is 0.0145. The highest BCUT2D eigenvalue weighted by Gasteiger charge is 2.23. The Morgan fingerprint density at radius 2 is 1.70 bits per heavy atom. The van der Waals surface area contributed by atoms with E-state index in [2.05, 4.69) is 22.3 Å². The predicted molar refractivity (Wildman–Crippen MR) is 108 cm³/mol. The normalized spacial score (nSPS) is 15.6. The molecule has 0 aliphatic carbocycles. The third-order valence-electron chi connectivity index (χ3n) is 5.04. The van der Waals surface area contributed by atoms with Crippen LogP contribution in [0.4, 0.5) is 15.8 Å². The Kier molecular flexibility index (Phi) is 5.80. The first-order chi connectivity index (χ1) is 12.8. The fraction of sp³-hybridized carbons (Fsp3) is 0.409. The van der Waals surface area contributed by atoms with Crippen molar-refractivity contribution in [1.29, 1.82) is 0 Å². The van der Waals surface area contributed by atoms with E-state index in [9.17, 15) is 9.18 Å². The summed E-state index contributed by atoms with van der Waals surface area (Å²) in [6.45, 7) is 10.3. The lowest BCUT2D eigenvalue weighted by atomic mass is 9.95. The van der Waals surface area contributed by atoms with Crippen LogP contribution in [0.2, 0.25) is 0 Å². The van der Waals surface area contributed by atoms with Crippen molar-refractivity contribution in [2.24, 2.45) is 5.41 Å². The molecule has 2 aromatic rings. The maximum atomic E-state index is 13.8. The largest absolute Gasteiger partial charge is 0.360 e. The van der Waals surface area contributed by atoms with E-state index >= 15 is 0 Å². The van der Waals surface area contributed by atoms with Crippen molar-refractivity contribution in [1.82, 2.24) is 0 Å². The van der Waals surface area contributed by atoms with Crippen molar-refractivity contribution in [3.63, 3.8) is 0 Å². The fourth-order valence-corrected chi connectivity index (χ4v) is 3.24. The summed E-state index contributed by atoms with van der Waals surface area (Å²) in [5, 5.41) is 2.95. The average molecular weight is 370 g/mol. The van der Waals surface area contributed by atoms with E-state index < -0.39 is 5.41 Å². The molecule has 5 heteroatoms. The van der Waals surface area contributed by atoms with Crippen molar-refractivity contribution in [3.05, 3.63) is 59.9 Å². The summed E-state index contributed by atoms with van der Waals surface area (Å²) in [6.07, 6.45) is 0. The molecule has 27 heavy (non-hydrogen) atoms. The van der Waals surface area contributed by atoms with Crippen LogP contribution in [0.5, 0.6) is 0 Å². The minimum atomic E-state index is -0.407. The zero-order valence-electron chi connectivity index (χ0n) is 16.4. The summed E-state index contributed by atoms with van der Waals surface area (Å²) in [7, 11) is 0. The van der Waals surface area contributed by atoms with E-state index in [-0.39, 0.29) is 11.7 Å². The fourth-order valence-electron chi connectivity index (χ4n) is 3.24. The van der Waals surface area contributed by atoms with E-state index in [0.29, 0.717) is 0 Å². The molecule has 0 bridgehead atoms. The minimum Gasteiger partial charge on any atom is -0.360 e. The maximum absolute atomic E-state index is 13.8. The van der Waals surface area contributed by atoms with Crippen molar-refractivity contribution in [2.45, 2.75) is 27.3 Å². The van der Waals surface area contributed by atoms with Gasteiger partial charge < -0.3 is 15.1 Å². The second-order valence-corrected chi connectivity index (χ2v) is 8.26. The number of hydrogen-bond donors (Lipinski definition) is 2. The summed E-state index contributed by atoms with van der Waals surface area (Å²) < 4.78 is 13.8. The highest BCUT2D eigenvalue weighted by atomic mass is 19.1. The quantitative estimate of drug-likeness (QED) is 0.868. The molecule has 144 valence electrons. The Hall–Kier alpha value is -2.40. The van der Waals surface area contributed by atoms with E-state index in [0.717, 1.165) is 49.7 Å². The SMILES string of the molecule is CC(C)(C)C(=O)Nc1ccc(N2CC[NH+](Cc3ccccc3F)CC2)cc1. The van der Waals surface area contributed by atoms with Gasteiger partial charge in [-0.2, -0.15) is 0 Å². The standard InChI is InChI=1S/C22H28FN3O/c1-22(2,3)21(27)24-18-8-10-19(11-9-18)26-14-12-25(13-15-26)16-17-6-4-5-7-20(17)23/h4-11H,12-16H2,1-3H3,(H,24,27)/p+1. The van der Waals surface area contributed by atoms with Gasteiger partial charge in [-0.1, -0.05) is 39.0 Å². The highest BCUT2D eigenvalue weighted by Crippen LogP contribution is 2.21. The molecule has 1 amide bonds. The van der Waals surface area contributed by atoms with Crippen LogP contribution >= 0.6 is 0 Å². The topological polar surface area (TPSA) is 36.8 Å². The lowest BCUT2D eigenvalue weighted by Crippen LogP contribution is -3.13. The molecular formula is C22H29FN3O+. The van der Waals surface area contributed by atoms with Gasteiger partial charge in [0.2, 0.25) is 5.91 Å². The molecule has 4 nitrogen and oxygen atoms in total. The molecule has 3 rings (SSSR count). The molecule has 1 heterocycles. The molecule has 0 atom stereocenters. The molecule has 0 radical (unpaired) electrons. The Morgan fingerprint density at radius 1 is 1.07 bits per heavy atom. The molecule has 2 N–H and O–H groups in total. The van der Waals surface area contributed by atoms with Crippen molar-refractivity contribution in [3.8, 4) is 0 Å². The number of amides is 1. The number of halogens is 1. The van der Waals surface area contributed by atoms with Gasteiger partial charge in [-0.25, -0.2) is 4.39 Å². The first-order valence-electron chi connectivity index (χ1n) is 9.56. The molecule has 1 aliphatic rings. The van der Waals surface area contributed by atoms with Crippen LogP contribution in [0.1, 0.15) is 26.3 Å². The molecule has 0 saturated carbocycles. The number of quaternary nitrogens is 1. The number of rotatable bonds is 4. The molecule has 1 saturated heterocycles. The van der Waals surface area contributed by atoms with E-state index in [1.165, 1.54) is 11.0 Å². The lowest BCUT2D eigenvalue weighted by Gasteiger charge is -2.33. The first kappa shape index (κ1) is 19.4. The number of carbonyl (C=O) groups excluding carboxylic acids is 1. The van der Waals surface area contributed by atoms with E-state index in [1.54, 1.807) is 6.07 Å². The van der Waals surface area contributed by atoms with E-state index in [4.69, 9.17) is 0 Å². The monoisotopic (exact) mass is 370 g/mol. The number of nitrogens with one attached hydrogen (secondary N) is 2. The molecule has 0 spiro atoms. The lowest BCUT2D eigenvalue weighted by molar-refractivity contribution is -0.914. The van der Waals surface area contributed by atoms with Crippen molar-refractivity contribution in [2.75, 3.05) is 36.4 Å². The zero-order valence-corrected chi connectivity index (χ0v) is 16.4. The van der Waals surface area contributed by atoms with Crippen LogP contribution in [0.15, 0.2) is 48.5 Å². The molecular weight excluding hydrogens is 341 g/mol. The third kappa shape index (κ3) is 5.07. The number of nitrogens with zero attached hydrogens (tertiary/aromatic N) is 1. The Morgan fingerprint density at radius 3 is 2.30 bits per heavy atom. The van der Waals surface area contributed by atoms with E-state index in [1.807, 2.05) is 45.0 Å². The van der Waals surface area contributed by atoms with Gasteiger partial charge in [-0.05, 0) is 30.3 Å². The second-order valence-electron chi connectivity index (χ2n) is 8.26. The number of piperazine rings is 1. The van der Waals surface area contributed by atoms with Gasteiger partial charge in [0.25, 0.3) is 0 Å². The predicted octanol–water partition coefficient (Wildman–Crippen LogP) is 2.72. The van der Waals surface area contributed by atoms with Gasteiger partial charge in [-0.15, -0.1) is 0 Å². The summed E-state index contributed by atoms with van der Waals surface area (Å²) >= 11 is 0. The summed E-state index contributed by atoms with van der Waals surface area (Å²) in [6, 6.07) is 15.1. The van der Waals surface area contributed by atoms with Gasteiger partial charge in [0, 0.05) is 22.4 Å². The molecule has 2 aromatic carbocycles. The number of benzene rings is 2. The van der Waals surface area contributed by atoms with Gasteiger partial charge >= 0.3 is 0 Å². The molecule has 1 aliphatic heterocycles. The van der Waals surface area contributed by atoms with Crippen LogP contribution < -0.4 is 15.1 Å². The molecule has 0 unspecified atom stereocenters. The number of carbonyl (C=O) groups is 1. The molecule has 1 fully saturated rings. The zero-order chi connectivity index (χ0) is 19.4. The van der Waals surface area contributed by atoms with Crippen LogP contribution in [-0.2, 0) is 11.3 Å². The smallest absolute Gasteiger partial charge is 0.229 e. The average Bonchev–Trinajstić information content (AvgIpc) is 2.64. The second kappa shape index (κ2) is 8.09. The number of anilines is 2. The van der Waals surface area contributed by atoms with Crippen molar-refractivity contribution >= 4 is 17.3 Å². The van der Waals surface area contributed by atoms with Crippen LogP contribution in [0.25, 0.3) is 0 Å². The summed E-state index contributed by atoms with van der Waals surface area (Å²) in [5.74, 6) is -0.0964.